The minimum Gasteiger partial charge on any atom is -0.435 e. The highest BCUT2D eigenvalue weighted by Gasteiger charge is 2.22. The van der Waals surface area contributed by atoms with E-state index in [4.69, 9.17) is 0 Å². The number of aryl methyl sites for hydroxylation is 1. The lowest BCUT2D eigenvalue weighted by molar-refractivity contribution is -0.0498. The largest absolute Gasteiger partial charge is 0.435 e. The molecule has 1 N–H and O–H groups in total. The van der Waals surface area contributed by atoms with Crippen molar-refractivity contribution in [2.75, 3.05) is 0 Å². The van der Waals surface area contributed by atoms with Gasteiger partial charge in [-0.05, 0) is 31.2 Å². The number of aromatic nitrogens is 4. The van der Waals surface area contributed by atoms with Crippen molar-refractivity contribution in [3.63, 3.8) is 0 Å². The molecule has 3 rings (SSSR count). The van der Waals surface area contributed by atoms with Gasteiger partial charge in [0.1, 0.15) is 5.75 Å². The number of nitrogens with one attached hydrogen (secondary N) is 1. The van der Waals surface area contributed by atoms with Gasteiger partial charge in [0.05, 0.1) is 12.4 Å². The van der Waals surface area contributed by atoms with Crippen molar-refractivity contribution in [1.29, 1.82) is 0 Å². The molecule has 0 aliphatic rings. The average molecular weight is 364 g/mol. The van der Waals surface area contributed by atoms with E-state index in [9.17, 15) is 23.2 Å². The fraction of sp³-hybridized carbons (Fsp3) is 0.250. The number of halogens is 2. The van der Waals surface area contributed by atoms with E-state index in [2.05, 4.69) is 14.7 Å². The number of imidazole rings is 1. The van der Waals surface area contributed by atoms with Crippen LogP contribution in [0, 0.1) is 0 Å². The molecule has 0 amide bonds. The second kappa shape index (κ2) is 6.54. The molecule has 2 aromatic heterocycles. The Morgan fingerprint density at radius 1 is 1.23 bits per heavy atom. The molecule has 0 spiro atoms. The van der Waals surface area contributed by atoms with Crippen molar-refractivity contribution in [3.8, 4) is 5.75 Å². The first-order valence-corrected chi connectivity index (χ1v) is 7.54. The lowest BCUT2D eigenvalue weighted by atomic mass is 10.1. The summed E-state index contributed by atoms with van der Waals surface area (Å²) < 4.78 is 31.1. The molecule has 0 aliphatic heterocycles. The number of alkyl halides is 2. The first kappa shape index (κ1) is 17.5. The number of hydrogen-bond acceptors (Lipinski definition) is 5. The van der Waals surface area contributed by atoms with Gasteiger partial charge in [0.2, 0.25) is 0 Å². The predicted octanol–water partition coefficient (Wildman–Crippen LogP) is 1.47. The molecule has 2 heterocycles. The summed E-state index contributed by atoms with van der Waals surface area (Å²) in [6.45, 7) is -1.39. The zero-order valence-corrected chi connectivity index (χ0v) is 13.8. The number of H-pyrrole nitrogens is 1. The second-order valence-electron chi connectivity index (χ2n) is 5.59. The number of rotatable bonds is 5. The Labute approximate surface area is 144 Å². The van der Waals surface area contributed by atoms with Crippen LogP contribution in [0.4, 0.5) is 8.78 Å². The van der Waals surface area contributed by atoms with E-state index in [1.165, 1.54) is 46.8 Å². The number of carbonyl (C=O) groups excluding carboxylic acids is 1. The molecule has 1 unspecified atom stereocenters. The van der Waals surface area contributed by atoms with Gasteiger partial charge in [-0.3, -0.25) is 19.1 Å². The molecule has 0 saturated heterocycles. The van der Waals surface area contributed by atoms with Gasteiger partial charge < -0.3 is 9.30 Å². The van der Waals surface area contributed by atoms with Crippen LogP contribution in [0.2, 0.25) is 0 Å². The highest BCUT2D eigenvalue weighted by molar-refractivity contribution is 5.99. The van der Waals surface area contributed by atoms with E-state index in [-0.39, 0.29) is 28.3 Å². The minimum absolute atomic E-state index is 0.0660. The fourth-order valence-corrected chi connectivity index (χ4v) is 2.61. The molecule has 136 valence electrons. The maximum absolute atomic E-state index is 12.7. The van der Waals surface area contributed by atoms with Gasteiger partial charge in [-0.25, -0.2) is 9.78 Å². The van der Waals surface area contributed by atoms with Crippen molar-refractivity contribution < 1.29 is 18.3 Å². The Morgan fingerprint density at radius 3 is 2.50 bits per heavy atom. The van der Waals surface area contributed by atoms with Gasteiger partial charge >= 0.3 is 12.3 Å². The highest BCUT2D eigenvalue weighted by Crippen LogP contribution is 2.21. The van der Waals surface area contributed by atoms with Gasteiger partial charge in [-0.1, -0.05) is 0 Å². The minimum atomic E-state index is -2.95. The zero-order valence-electron chi connectivity index (χ0n) is 13.8. The Morgan fingerprint density at radius 2 is 1.88 bits per heavy atom. The van der Waals surface area contributed by atoms with Gasteiger partial charge in [0.15, 0.2) is 16.9 Å². The van der Waals surface area contributed by atoms with Crippen LogP contribution in [0.25, 0.3) is 11.2 Å². The molecule has 10 heteroatoms. The number of benzene rings is 1. The number of ketones is 1. The summed E-state index contributed by atoms with van der Waals surface area (Å²) >= 11 is 0. The molecule has 1 atom stereocenters. The summed E-state index contributed by atoms with van der Waals surface area (Å²) in [5, 5.41) is 0. The summed E-state index contributed by atoms with van der Waals surface area (Å²) in [4.78, 5) is 42.6. The van der Waals surface area contributed by atoms with Crippen LogP contribution in [-0.4, -0.2) is 31.5 Å². The van der Waals surface area contributed by atoms with E-state index < -0.39 is 23.9 Å². The first-order valence-electron chi connectivity index (χ1n) is 7.54. The van der Waals surface area contributed by atoms with Crippen LogP contribution in [0.1, 0.15) is 23.3 Å². The molecule has 0 bridgehead atoms. The fourth-order valence-electron chi connectivity index (χ4n) is 2.61. The van der Waals surface area contributed by atoms with Crippen molar-refractivity contribution in [1.82, 2.24) is 19.1 Å². The molecule has 26 heavy (non-hydrogen) atoms. The zero-order chi connectivity index (χ0) is 19.0. The maximum atomic E-state index is 12.7. The van der Waals surface area contributed by atoms with Crippen LogP contribution in [0.5, 0.6) is 5.75 Å². The van der Waals surface area contributed by atoms with Gasteiger partial charge in [0.25, 0.3) is 5.56 Å². The summed E-state index contributed by atoms with van der Waals surface area (Å²) in [7, 11) is 1.45. The average Bonchev–Trinajstić information content (AvgIpc) is 3.04. The molecule has 0 fully saturated rings. The number of ether oxygens (including phenoxy) is 1. The summed E-state index contributed by atoms with van der Waals surface area (Å²) in [6.07, 6.45) is 1.30. The van der Waals surface area contributed by atoms with Crippen LogP contribution in [-0.2, 0) is 7.05 Å². The second-order valence-corrected chi connectivity index (χ2v) is 5.59. The number of fused-ring (bicyclic) bond motifs is 1. The SMILES string of the molecule is CC(C(=O)c1ccc(OC(F)F)cc1)n1cnc2c1c(=O)[nH]c(=O)n2C. The van der Waals surface area contributed by atoms with E-state index in [0.29, 0.717) is 0 Å². The van der Waals surface area contributed by atoms with Crippen LogP contribution in [0.3, 0.4) is 0 Å². The molecule has 8 nitrogen and oxygen atoms in total. The Bertz CT molecular complexity index is 1080. The van der Waals surface area contributed by atoms with Crippen molar-refractivity contribution in [2.24, 2.45) is 7.05 Å². The van der Waals surface area contributed by atoms with Crippen LogP contribution < -0.4 is 16.0 Å². The van der Waals surface area contributed by atoms with Crippen LogP contribution >= 0.6 is 0 Å². The van der Waals surface area contributed by atoms with Gasteiger partial charge in [-0.2, -0.15) is 8.78 Å². The van der Waals surface area contributed by atoms with E-state index in [1.807, 2.05) is 0 Å². The molecule has 0 aliphatic carbocycles. The van der Waals surface area contributed by atoms with Gasteiger partial charge in [0, 0.05) is 12.6 Å². The number of nitrogens with zero attached hydrogens (tertiary/aromatic N) is 3. The summed E-state index contributed by atoms with van der Waals surface area (Å²) in [6, 6.07) is 4.43. The van der Waals surface area contributed by atoms with Crippen molar-refractivity contribution >= 4 is 16.9 Å². The maximum Gasteiger partial charge on any atom is 0.387 e. The molecule has 0 saturated carbocycles. The van der Waals surface area contributed by atoms with E-state index in [1.54, 1.807) is 6.92 Å². The lowest BCUT2D eigenvalue weighted by Crippen LogP contribution is -2.30. The standard InChI is InChI=1S/C16H14F2N4O4/c1-8(12(23)9-3-5-10(6-4-9)26-15(17)18)22-7-19-13-11(22)14(24)20-16(25)21(13)2/h3-8,15H,1-2H3,(H,20,24,25). The number of hydrogen-bond donors (Lipinski definition) is 1. The summed E-state index contributed by atoms with van der Waals surface area (Å²) in [5.74, 6) is -0.426. The normalized spacial score (nSPS) is 12.5. The smallest absolute Gasteiger partial charge is 0.387 e. The monoisotopic (exact) mass is 364 g/mol. The topological polar surface area (TPSA) is 99.0 Å². The Balaban J connectivity index is 1.97. The number of Topliss-reactive ketones (excluding diaryl/α,β-unsaturated/α-hetero) is 1. The quantitative estimate of drug-likeness (QED) is 0.691. The Hall–Kier alpha value is -3.30. The number of carbonyl (C=O) groups is 1. The molecule has 0 radical (unpaired) electrons. The third kappa shape index (κ3) is 3.01. The van der Waals surface area contributed by atoms with E-state index in [0.717, 1.165) is 0 Å². The summed E-state index contributed by atoms with van der Waals surface area (Å²) in [5.41, 5.74) is -0.769. The van der Waals surface area contributed by atoms with Crippen molar-refractivity contribution in [3.05, 3.63) is 57.0 Å². The highest BCUT2D eigenvalue weighted by atomic mass is 19.3. The molecule has 1 aromatic carbocycles. The van der Waals surface area contributed by atoms with Crippen LogP contribution in [0.15, 0.2) is 40.2 Å². The third-order valence-electron chi connectivity index (χ3n) is 3.99. The van der Waals surface area contributed by atoms with E-state index >= 15 is 0 Å². The third-order valence-corrected chi connectivity index (χ3v) is 3.99. The number of aromatic amines is 1. The first-order chi connectivity index (χ1) is 12.3. The van der Waals surface area contributed by atoms with Crippen molar-refractivity contribution in [2.45, 2.75) is 19.6 Å². The predicted molar refractivity (Wildman–Crippen MR) is 87.7 cm³/mol. The molecule has 3 aromatic rings. The Kier molecular flexibility index (Phi) is 4.41. The van der Waals surface area contributed by atoms with Gasteiger partial charge in [-0.15, -0.1) is 0 Å². The molecular formula is C16H14F2N4O4. The lowest BCUT2D eigenvalue weighted by Gasteiger charge is -2.13. The molecular weight excluding hydrogens is 350 g/mol.